The summed E-state index contributed by atoms with van der Waals surface area (Å²) < 4.78 is 1.11. The van der Waals surface area contributed by atoms with Gasteiger partial charge in [-0.2, -0.15) is 0 Å². The summed E-state index contributed by atoms with van der Waals surface area (Å²) >= 11 is 1.62. The second-order valence-corrected chi connectivity index (χ2v) is 4.61. The molecule has 0 aliphatic heterocycles. The van der Waals surface area contributed by atoms with E-state index in [0.717, 1.165) is 27.1 Å². The molecule has 4 heteroatoms. The molecule has 0 radical (unpaired) electrons. The molecule has 2 rings (SSSR count). The van der Waals surface area contributed by atoms with Crippen LogP contribution in [-0.4, -0.2) is 16.4 Å². The van der Waals surface area contributed by atoms with Crippen molar-refractivity contribution < 1.29 is 9.90 Å². The number of hydrogen-bond acceptors (Lipinski definition) is 4. The second-order valence-electron chi connectivity index (χ2n) is 3.38. The summed E-state index contributed by atoms with van der Waals surface area (Å²) in [5, 5.41) is 10.6. The lowest BCUT2D eigenvalue weighted by atomic mass is 10.1. The van der Waals surface area contributed by atoms with Crippen molar-refractivity contribution in [3.8, 4) is 0 Å². The molecule has 1 aromatic carbocycles. The van der Waals surface area contributed by atoms with E-state index in [1.165, 1.54) is 0 Å². The summed E-state index contributed by atoms with van der Waals surface area (Å²) in [5.41, 5.74) is 1.64. The maximum atomic E-state index is 10.3. The molecule has 15 heavy (non-hydrogen) atoms. The number of nitrogens with zero attached hydrogens (tertiary/aromatic N) is 1. The van der Waals surface area contributed by atoms with Gasteiger partial charge in [0.25, 0.3) is 0 Å². The average molecular weight is 221 g/mol. The van der Waals surface area contributed by atoms with Crippen LogP contribution in [0.3, 0.4) is 0 Å². The van der Waals surface area contributed by atoms with Crippen molar-refractivity contribution in [2.75, 3.05) is 0 Å². The van der Waals surface area contributed by atoms with Crippen molar-refractivity contribution in [3.63, 3.8) is 0 Å². The number of aliphatic hydroxyl groups is 1. The van der Waals surface area contributed by atoms with Crippen molar-refractivity contribution in [1.82, 2.24) is 4.98 Å². The number of thiazole rings is 1. The van der Waals surface area contributed by atoms with Crippen LogP contribution in [0, 0.1) is 6.92 Å². The van der Waals surface area contributed by atoms with E-state index in [2.05, 4.69) is 4.98 Å². The summed E-state index contributed by atoms with van der Waals surface area (Å²) in [6.45, 7) is 1.95. The zero-order valence-electron chi connectivity index (χ0n) is 8.30. The van der Waals surface area contributed by atoms with Gasteiger partial charge in [0, 0.05) is 6.42 Å². The van der Waals surface area contributed by atoms with E-state index in [0.29, 0.717) is 0 Å². The highest BCUT2D eigenvalue weighted by atomic mass is 32.1. The number of rotatable bonds is 3. The zero-order valence-corrected chi connectivity index (χ0v) is 9.12. The van der Waals surface area contributed by atoms with E-state index >= 15 is 0 Å². The molecule has 0 aliphatic carbocycles. The van der Waals surface area contributed by atoms with Crippen molar-refractivity contribution in [2.45, 2.75) is 19.4 Å². The third-order valence-electron chi connectivity index (χ3n) is 2.22. The van der Waals surface area contributed by atoms with Gasteiger partial charge >= 0.3 is 0 Å². The second kappa shape index (κ2) is 4.08. The first-order valence-corrected chi connectivity index (χ1v) is 5.51. The summed E-state index contributed by atoms with van der Waals surface area (Å²) in [5.74, 6) is 0. The molecule has 0 aliphatic rings. The molecule has 2 aromatic rings. The summed E-state index contributed by atoms with van der Waals surface area (Å²) in [4.78, 5) is 14.6. The lowest BCUT2D eigenvalue weighted by Crippen LogP contribution is -1.97. The van der Waals surface area contributed by atoms with Gasteiger partial charge < -0.3 is 9.90 Å². The Balaban J connectivity index is 2.41. The Bertz CT molecular complexity index is 492. The minimum absolute atomic E-state index is 0.134. The predicted molar refractivity (Wildman–Crippen MR) is 60.0 cm³/mol. The smallest absolute Gasteiger partial charge is 0.122 e. The first-order chi connectivity index (χ1) is 7.20. The molecule has 0 amide bonds. The van der Waals surface area contributed by atoms with Crippen LogP contribution in [0.1, 0.15) is 23.1 Å². The summed E-state index contributed by atoms with van der Waals surface area (Å²) in [7, 11) is 0. The van der Waals surface area contributed by atoms with E-state index in [-0.39, 0.29) is 6.42 Å². The molecule has 3 nitrogen and oxygen atoms in total. The van der Waals surface area contributed by atoms with E-state index in [1.54, 1.807) is 11.3 Å². The monoisotopic (exact) mass is 221 g/mol. The van der Waals surface area contributed by atoms with Crippen LogP contribution in [-0.2, 0) is 4.79 Å². The molecule has 0 saturated heterocycles. The number of aliphatic hydroxyl groups excluding tert-OH is 1. The van der Waals surface area contributed by atoms with Crippen LogP contribution in [0.5, 0.6) is 0 Å². The number of hydrogen-bond donors (Lipinski definition) is 1. The van der Waals surface area contributed by atoms with Gasteiger partial charge in [-0.25, -0.2) is 4.98 Å². The minimum atomic E-state index is -0.714. The molecule has 1 N–H and O–H groups in total. The van der Waals surface area contributed by atoms with Gasteiger partial charge in [-0.3, -0.25) is 0 Å². The third-order valence-corrected chi connectivity index (χ3v) is 3.17. The largest absolute Gasteiger partial charge is 0.388 e. The van der Waals surface area contributed by atoms with Gasteiger partial charge in [-0.05, 0) is 24.6 Å². The first kappa shape index (κ1) is 10.3. The van der Waals surface area contributed by atoms with E-state index in [4.69, 9.17) is 0 Å². The molecule has 1 atom stereocenters. The van der Waals surface area contributed by atoms with Gasteiger partial charge in [0.2, 0.25) is 0 Å². The van der Waals surface area contributed by atoms with Crippen LogP contribution in [0.2, 0.25) is 0 Å². The minimum Gasteiger partial charge on any atom is -0.388 e. The van der Waals surface area contributed by atoms with Crippen molar-refractivity contribution in [1.29, 1.82) is 0 Å². The first-order valence-electron chi connectivity index (χ1n) is 4.69. The maximum Gasteiger partial charge on any atom is 0.122 e. The fraction of sp³-hybridized carbons (Fsp3) is 0.273. The highest BCUT2D eigenvalue weighted by Crippen LogP contribution is 2.25. The Morgan fingerprint density at radius 2 is 2.40 bits per heavy atom. The van der Waals surface area contributed by atoms with E-state index in [9.17, 15) is 9.90 Å². The molecular formula is C11H11NO2S. The van der Waals surface area contributed by atoms with Crippen LogP contribution < -0.4 is 0 Å². The SMILES string of the molecule is Cc1nc2cc([C@@H](O)CC=O)ccc2s1. The van der Waals surface area contributed by atoms with Gasteiger partial charge in [-0.15, -0.1) is 11.3 Å². The highest BCUT2D eigenvalue weighted by molar-refractivity contribution is 7.18. The molecule has 78 valence electrons. The molecule has 1 aromatic heterocycles. The number of benzene rings is 1. The zero-order chi connectivity index (χ0) is 10.8. The summed E-state index contributed by atoms with van der Waals surface area (Å²) in [6, 6.07) is 5.62. The predicted octanol–water partition coefficient (Wildman–Crippen LogP) is 2.23. The number of aldehydes is 1. The standard InChI is InChI=1S/C11H11NO2S/c1-7-12-9-6-8(10(14)4-5-13)2-3-11(9)15-7/h2-3,5-6,10,14H,4H2,1H3/t10-/m0/s1. The lowest BCUT2D eigenvalue weighted by molar-refractivity contribution is -0.109. The Morgan fingerprint density at radius 3 is 3.13 bits per heavy atom. The van der Waals surface area contributed by atoms with Crippen molar-refractivity contribution >= 4 is 27.8 Å². The number of fused-ring (bicyclic) bond motifs is 1. The number of aryl methyl sites for hydroxylation is 1. The molecular weight excluding hydrogens is 210 g/mol. The highest BCUT2D eigenvalue weighted by Gasteiger charge is 2.08. The normalized spacial score (nSPS) is 12.9. The Labute approximate surface area is 91.4 Å². The van der Waals surface area contributed by atoms with Gasteiger partial charge in [0.15, 0.2) is 0 Å². The molecule has 0 unspecified atom stereocenters. The fourth-order valence-corrected chi connectivity index (χ4v) is 2.30. The van der Waals surface area contributed by atoms with Crippen LogP contribution in [0.15, 0.2) is 18.2 Å². The third kappa shape index (κ3) is 2.06. The Kier molecular flexibility index (Phi) is 2.79. The van der Waals surface area contributed by atoms with Gasteiger partial charge in [0.05, 0.1) is 21.3 Å². The van der Waals surface area contributed by atoms with E-state index < -0.39 is 6.10 Å². The Morgan fingerprint density at radius 1 is 1.60 bits per heavy atom. The van der Waals surface area contributed by atoms with Crippen molar-refractivity contribution in [3.05, 3.63) is 28.8 Å². The van der Waals surface area contributed by atoms with Crippen LogP contribution >= 0.6 is 11.3 Å². The van der Waals surface area contributed by atoms with Crippen LogP contribution in [0.25, 0.3) is 10.2 Å². The number of aromatic nitrogens is 1. The summed E-state index contributed by atoms with van der Waals surface area (Å²) in [6.07, 6.45) is 0.143. The van der Waals surface area contributed by atoms with Gasteiger partial charge in [-0.1, -0.05) is 6.07 Å². The molecule has 0 bridgehead atoms. The quantitative estimate of drug-likeness (QED) is 0.808. The number of carbonyl (C=O) groups is 1. The molecule has 0 fully saturated rings. The lowest BCUT2D eigenvalue weighted by Gasteiger charge is -2.06. The molecule has 0 saturated carbocycles. The number of carbonyl (C=O) groups excluding carboxylic acids is 1. The maximum absolute atomic E-state index is 10.3. The van der Waals surface area contributed by atoms with E-state index in [1.807, 2.05) is 25.1 Å². The molecule has 1 heterocycles. The van der Waals surface area contributed by atoms with Gasteiger partial charge in [0.1, 0.15) is 6.29 Å². The topological polar surface area (TPSA) is 50.2 Å². The Hall–Kier alpha value is -1.26. The van der Waals surface area contributed by atoms with Crippen LogP contribution in [0.4, 0.5) is 0 Å². The van der Waals surface area contributed by atoms with Crippen molar-refractivity contribution in [2.24, 2.45) is 0 Å². The molecule has 0 spiro atoms. The fourth-order valence-electron chi connectivity index (χ4n) is 1.49. The average Bonchev–Trinajstić information content (AvgIpc) is 2.57.